The fourth-order valence-electron chi connectivity index (χ4n) is 6.13. The highest BCUT2D eigenvalue weighted by Gasteiger charge is 2.28. The highest BCUT2D eigenvalue weighted by atomic mass is 16.1. The van der Waals surface area contributed by atoms with Crippen LogP contribution in [-0.4, -0.2) is 56.9 Å². The van der Waals surface area contributed by atoms with Crippen molar-refractivity contribution >= 4 is 17.0 Å². The van der Waals surface area contributed by atoms with Crippen molar-refractivity contribution in [3.63, 3.8) is 0 Å². The molecule has 0 spiro atoms. The molecule has 180 valence electrons. The van der Waals surface area contributed by atoms with Crippen LogP contribution in [0.5, 0.6) is 0 Å². The number of piperidine rings is 2. The lowest BCUT2D eigenvalue weighted by Gasteiger charge is -2.43. The van der Waals surface area contributed by atoms with Crippen molar-refractivity contribution in [1.82, 2.24) is 19.8 Å². The van der Waals surface area contributed by atoms with Gasteiger partial charge in [0.2, 0.25) is 0 Å². The summed E-state index contributed by atoms with van der Waals surface area (Å²) in [6, 6.07) is 8.06. The number of nitrogens with zero attached hydrogens (tertiary/aromatic N) is 3. The molecule has 2 aliphatic heterocycles. The molecule has 0 saturated carbocycles. The van der Waals surface area contributed by atoms with E-state index in [0.717, 1.165) is 49.7 Å². The van der Waals surface area contributed by atoms with Gasteiger partial charge in [-0.15, -0.1) is 0 Å². The SMILES string of the molecule is CC(CCCc1cccc2nc(C3CCCN(C(=N)N)C3)c(=O)[nH]c12)N1C(C)CCCC1C. The van der Waals surface area contributed by atoms with Crippen molar-refractivity contribution in [2.45, 2.75) is 96.2 Å². The summed E-state index contributed by atoms with van der Waals surface area (Å²) in [7, 11) is 0. The molecule has 4 rings (SSSR count). The zero-order valence-corrected chi connectivity index (χ0v) is 20.4. The van der Waals surface area contributed by atoms with Gasteiger partial charge in [0.1, 0.15) is 5.69 Å². The summed E-state index contributed by atoms with van der Waals surface area (Å²) in [6.07, 6.45) is 8.96. The Morgan fingerprint density at radius 2 is 2.00 bits per heavy atom. The van der Waals surface area contributed by atoms with E-state index in [0.29, 0.717) is 30.4 Å². The van der Waals surface area contributed by atoms with E-state index in [1.165, 1.54) is 24.8 Å². The number of aromatic amines is 1. The first-order chi connectivity index (χ1) is 15.8. The molecule has 33 heavy (non-hydrogen) atoms. The molecule has 0 radical (unpaired) electrons. The van der Waals surface area contributed by atoms with Gasteiger partial charge in [0, 0.05) is 37.1 Å². The number of nitrogens with two attached hydrogens (primary N) is 1. The molecular formula is C26H40N6O. The summed E-state index contributed by atoms with van der Waals surface area (Å²) in [4.78, 5) is 25.5. The maximum Gasteiger partial charge on any atom is 0.270 e. The van der Waals surface area contributed by atoms with E-state index in [2.05, 4.69) is 36.7 Å². The van der Waals surface area contributed by atoms with Crippen LogP contribution in [0.2, 0.25) is 0 Å². The lowest BCUT2D eigenvalue weighted by Crippen LogP contribution is -2.48. The van der Waals surface area contributed by atoms with Crippen LogP contribution in [0.25, 0.3) is 11.0 Å². The zero-order valence-electron chi connectivity index (χ0n) is 20.4. The normalized spacial score (nSPS) is 25.3. The number of rotatable bonds is 6. The zero-order chi connectivity index (χ0) is 23.5. The lowest BCUT2D eigenvalue weighted by atomic mass is 9.93. The van der Waals surface area contributed by atoms with Gasteiger partial charge in [-0.3, -0.25) is 15.1 Å². The first-order valence-corrected chi connectivity index (χ1v) is 12.7. The Kier molecular flexibility index (Phi) is 7.37. The predicted molar refractivity (Wildman–Crippen MR) is 135 cm³/mol. The number of hydrogen-bond acceptors (Lipinski definition) is 4. The number of H-pyrrole nitrogens is 1. The van der Waals surface area contributed by atoms with Crippen LogP contribution in [-0.2, 0) is 6.42 Å². The molecule has 1 aromatic heterocycles. The van der Waals surface area contributed by atoms with E-state index in [1.807, 2.05) is 17.0 Å². The van der Waals surface area contributed by atoms with Crippen molar-refractivity contribution in [2.24, 2.45) is 5.73 Å². The Morgan fingerprint density at radius 3 is 2.73 bits per heavy atom. The molecule has 4 N–H and O–H groups in total. The molecular weight excluding hydrogens is 412 g/mol. The third-order valence-electron chi connectivity index (χ3n) is 7.83. The number of nitrogens with one attached hydrogen (secondary N) is 2. The number of aromatic nitrogens is 2. The van der Waals surface area contributed by atoms with Gasteiger partial charge in [-0.25, -0.2) is 4.98 Å². The Bertz CT molecular complexity index is 1020. The van der Waals surface area contributed by atoms with Crippen LogP contribution in [0.1, 0.15) is 82.9 Å². The largest absolute Gasteiger partial charge is 0.370 e. The summed E-state index contributed by atoms with van der Waals surface area (Å²) < 4.78 is 0. The second-order valence-corrected chi connectivity index (χ2v) is 10.3. The smallest absolute Gasteiger partial charge is 0.270 e. The molecule has 0 bridgehead atoms. The number of benzene rings is 1. The topological polar surface area (TPSA) is 102 Å². The summed E-state index contributed by atoms with van der Waals surface area (Å²) >= 11 is 0. The monoisotopic (exact) mass is 452 g/mol. The molecule has 2 fully saturated rings. The molecule has 2 aliphatic rings. The Labute approximate surface area is 197 Å². The van der Waals surface area contributed by atoms with Gasteiger partial charge in [0.25, 0.3) is 5.56 Å². The number of likely N-dealkylation sites (tertiary alicyclic amines) is 2. The number of aryl methyl sites for hydroxylation is 1. The Balaban J connectivity index is 1.46. The van der Waals surface area contributed by atoms with Crippen LogP contribution in [0.3, 0.4) is 0 Å². The first-order valence-electron chi connectivity index (χ1n) is 12.7. The van der Waals surface area contributed by atoms with Crippen LogP contribution >= 0.6 is 0 Å². The van der Waals surface area contributed by atoms with E-state index < -0.39 is 0 Å². The summed E-state index contributed by atoms with van der Waals surface area (Å²) in [5.41, 5.74) is 9.06. The highest BCUT2D eigenvalue weighted by molar-refractivity contribution is 5.78. The second-order valence-electron chi connectivity index (χ2n) is 10.3. The minimum Gasteiger partial charge on any atom is -0.370 e. The van der Waals surface area contributed by atoms with E-state index >= 15 is 0 Å². The van der Waals surface area contributed by atoms with Gasteiger partial charge in [-0.1, -0.05) is 18.6 Å². The molecule has 2 aromatic rings. The van der Waals surface area contributed by atoms with E-state index in [-0.39, 0.29) is 17.4 Å². The molecule has 1 aromatic carbocycles. The number of fused-ring (bicyclic) bond motifs is 1. The molecule has 0 amide bonds. The van der Waals surface area contributed by atoms with Crippen molar-refractivity contribution in [2.75, 3.05) is 13.1 Å². The van der Waals surface area contributed by atoms with Crippen molar-refractivity contribution in [3.8, 4) is 0 Å². The molecule has 0 aliphatic carbocycles. The van der Waals surface area contributed by atoms with E-state index in [1.54, 1.807) is 0 Å². The average Bonchev–Trinajstić information content (AvgIpc) is 2.79. The van der Waals surface area contributed by atoms with Crippen LogP contribution in [0.15, 0.2) is 23.0 Å². The van der Waals surface area contributed by atoms with Gasteiger partial charge < -0.3 is 15.6 Å². The quantitative estimate of drug-likeness (QED) is 0.455. The molecule has 4 unspecified atom stereocenters. The Morgan fingerprint density at radius 1 is 1.24 bits per heavy atom. The summed E-state index contributed by atoms with van der Waals surface area (Å²) in [5, 5.41) is 7.73. The molecule has 4 atom stereocenters. The maximum atomic E-state index is 13.0. The van der Waals surface area contributed by atoms with Gasteiger partial charge in [-0.05, 0) is 77.3 Å². The third-order valence-corrected chi connectivity index (χ3v) is 7.83. The van der Waals surface area contributed by atoms with Crippen molar-refractivity contribution in [3.05, 3.63) is 39.8 Å². The molecule has 7 heteroatoms. The van der Waals surface area contributed by atoms with Crippen molar-refractivity contribution in [1.29, 1.82) is 5.41 Å². The highest BCUT2D eigenvalue weighted by Crippen LogP contribution is 2.28. The summed E-state index contributed by atoms with van der Waals surface area (Å²) in [5.74, 6) is 0.0793. The van der Waals surface area contributed by atoms with Gasteiger partial charge in [0.05, 0.1) is 11.0 Å². The Hall–Kier alpha value is -2.41. The average molecular weight is 453 g/mol. The van der Waals surface area contributed by atoms with Crippen molar-refractivity contribution < 1.29 is 0 Å². The van der Waals surface area contributed by atoms with Crippen LogP contribution in [0, 0.1) is 5.41 Å². The van der Waals surface area contributed by atoms with E-state index in [9.17, 15) is 4.79 Å². The molecule has 7 nitrogen and oxygen atoms in total. The second kappa shape index (κ2) is 10.2. The van der Waals surface area contributed by atoms with Crippen LogP contribution < -0.4 is 11.3 Å². The van der Waals surface area contributed by atoms with Gasteiger partial charge in [-0.2, -0.15) is 0 Å². The van der Waals surface area contributed by atoms with Gasteiger partial charge >= 0.3 is 0 Å². The number of para-hydroxylation sites is 1. The van der Waals surface area contributed by atoms with Gasteiger partial charge in [0.15, 0.2) is 5.96 Å². The first kappa shape index (κ1) is 23.7. The number of guanidine groups is 1. The predicted octanol–water partition coefficient (Wildman–Crippen LogP) is 3.97. The summed E-state index contributed by atoms with van der Waals surface area (Å²) in [6.45, 7) is 8.46. The molecule has 2 saturated heterocycles. The third kappa shape index (κ3) is 5.24. The minimum absolute atomic E-state index is 0.00817. The van der Waals surface area contributed by atoms with E-state index in [4.69, 9.17) is 16.1 Å². The molecule has 3 heterocycles. The fraction of sp³-hybridized carbons (Fsp3) is 0.654. The fourth-order valence-corrected chi connectivity index (χ4v) is 6.13. The minimum atomic E-state index is -0.102. The van der Waals surface area contributed by atoms with Crippen LogP contribution in [0.4, 0.5) is 0 Å². The lowest BCUT2D eigenvalue weighted by molar-refractivity contribution is 0.0580. The maximum absolute atomic E-state index is 13.0. The standard InChI is InChI=1S/C26H40N6O/c1-17-8-4-9-18(2)32(17)19(3)10-5-11-20-12-6-14-22-23(20)30-25(33)24(29-22)21-13-7-15-31(16-21)26(27)28/h6,12,14,17-19,21H,4-5,7-11,13,15-16H2,1-3H3,(H3,27,28)(H,30,33). The number of hydrogen-bond donors (Lipinski definition) is 3.